The van der Waals surface area contributed by atoms with Crippen LogP contribution in [0.2, 0.25) is 0 Å². The number of para-hydroxylation sites is 1. The van der Waals surface area contributed by atoms with Gasteiger partial charge in [-0.3, -0.25) is 4.57 Å². The molecule has 0 aliphatic carbocycles. The van der Waals surface area contributed by atoms with Crippen LogP contribution < -0.4 is 0 Å². The Morgan fingerprint density at radius 3 is 2.17 bits per heavy atom. The van der Waals surface area contributed by atoms with Gasteiger partial charge in [-0.15, -0.1) is 10.2 Å². The van der Waals surface area contributed by atoms with Crippen molar-refractivity contribution in [3.05, 3.63) is 72.1 Å². The Morgan fingerprint density at radius 2 is 1.52 bits per heavy atom. The molecule has 4 heteroatoms. The first-order chi connectivity index (χ1) is 11.2. The molecule has 0 aliphatic heterocycles. The van der Waals surface area contributed by atoms with Gasteiger partial charge in [0.2, 0.25) is 0 Å². The number of hydrogen-bond acceptors (Lipinski definition) is 3. The fraction of sp³-hybridized carbons (Fsp3) is 0.263. The lowest BCUT2D eigenvalue weighted by Gasteiger charge is -2.11. The molecule has 0 unspecified atom stereocenters. The summed E-state index contributed by atoms with van der Waals surface area (Å²) < 4.78 is 2.19. The summed E-state index contributed by atoms with van der Waals surface area (Å²) in [5, 5.41) is 10.3. The Morgan fingerprint density at radius 1 is 0.870 bits per heavy atom. The van der Waals surface area contributed by atoms with Crippen molar-refractivity contribution < 1.29 is 0 Å². The molecule has 3 aromatic rings. The summed E-state index contributed by atoms with van der Waals surface area (Å²) in [6.45, 7) is 4.36. The van der Waals surface area contributed by atoms with Crippen LogP contribution in [-0.4, -0.2) is 20.0 Å². The summed E-state index contributed by atoms with van der Waals surface area (Å²) >= 11 is 1.75. The molecule has 0 saturated carbocycles. The van der Waals surface area contributed by atoms with Crippen LogP contribution in [0.4, 0.5) is 0 Å². The third-order valence-corrected chi connectivity index (χ3v) is 4.48. The molecule has 1 aromatic heterocycles. The van der Waals surface area contributed by atoms with Gasteiger partial charge in [0.15, 0.2) is 5.16 Å². The third-order valence-electron chi connectivity index (χ3n) is 3.54. The maximum Gasteiger partial charge on any atom is 0.196 e. The highest BCUT2D eigenvalue weighted by molar-refractivity contribution is 7.99. The van der Waals surface area contributed by atoms with Crippen molar-refractivity contribution in [1.82, 2.24) is 14.8 Å². The van der Waals surface area contributed by atoms with Crippen LogP contribution in [0.1, 0.15) is 25.2 Å². The monoisotopic (exact) mass is 323 g/mol. The van der Waals surface area contributed by atoms with Crippen LogP contribution in [0.3, 0.4) is 0 Å². The van der Waals surface area contributed by atoms with Crippen molar-refractivity contribution in [1.29, 1.82) is 0 Å². The number of aryl methyl sites for hydroxylation is 2. The fourth-order valence-electron chi connectivity index (χ4n) is 2.49. The first kappa shape index (κ1) is 15.8. The standard InChI is InChI=1S/C19H21N3S/c1-15(2)23-19-21-20-18(14-13-16-9-5-3-6-10-16)22(19)17-11-7-4-8-12-17/h3-12,15H,13-14H2,1-2H3. The predicted molar refractivity (Wildman–Crippen MR) is 96.2 cm³/mol. The van der Waals surface area contributed by atoms with E-state index < -0.39 is 0 Å². The lowest BCUT2D eigenvalue weighted by atomic mass is 10.1. The van der Waals surface area contributed by atoms with Gasteiger partial charge in [-0.1, -0.05) is 74.1 Å². The van der Waals surface area contributed by atoms with Gasteiger partial charge in [0.05, 0.1) is 0 Å². The van der Waals surface area contributed by atoms with Gasteiger partial charge < -0.3 is 0 Å². The van der Waals surface area contributed by atoms with Gasteiger partial charge in [-0.05, 0) is 24.1 Å². The normalized spacial score (nSPS) is 11.1. The molecule has 0 spiro atoms. The fourth-order valence-corrected chi connectivity index (χ4v) is 3.31. The van der Waals surface area contributed by atoms with E-state index in [0.29, 0.717) is 5.25 Å². The smallest absolute Gasteiger partial charge is 0.196 e. The third kappa shape index (κ3) is 4.02. The maximum absolute atomic E-state index is 4.45. The van der Waals surface area contributed by atoms with Crippen LogP contribution >= 0.6 is 11.8 Å². The first-order valence-electron chi connectivity index (χ1n) is 7.94. The highest BCUT2D eigenvalue weighted by Crippen LogP contribution is 2.25. The molecule has 3 nitrogen and oxygen atoms in total. The molecule has 0 amide bonds. The van der Waals surface area contributed by atoms with E-state index in [1.807, 2.05) is 12.1 Å². The average Bonchev–Trinajstić information content (AvgIpc) is 2.96. The van der Waals surface area contributed by atoms with Crippen LogP contribution in [0.5, 0.6) is 0 Å². The van der Waals surface area contributed by atoms with E-state index in [1.54, 1.807) is 11.8 Å². The van der Waals surface area contributed by atoms with Crippen LogP contribution in [0.15, 0.2) is 65.8 Å². The molecule has 0 atom stereocenters. The summed E-state index contributed by atoms with van der Waals surface area (Å²) in [4.78, 5) is 0. The van der Waals surface area contributed by atoms with E-state index in [1.165, 1.54) is 5.56 Å². The maximum atomic E-state index is 4.45. The molecule has 118 valence electrons. The summed E-state index contributed by atoms with van der Waals surface area (Å²) in [7, 11) is 0. The van der Waals surface area contributed by atoms with Crippen molar-refractivity contribution in [2.45, 2.75) is 37.1 Å². The summed E-state index contributed by atoms with van der Waals surface area (Å²) in [5.74, 6) is 1.02. The molecular formula is C19H21N3S. The van der Waals surface area contributed by atoms with Gasteiger partial charge >= 0.3 is 0 Å². The molecule has 0 saturated heterocycles. The van der Waals surface area contributed by atoms with Crippen molar-refractivity contribution in [2.24, 2.45) is 0 Å². The molecular weight excluding hydrogens is 302 g/mol. The second kappa shape index (κ2) is 7.47. The Balaban J connectivity index is 1.89. The average molecular weight is 323 g/mol. The molecule has 0 N–H and O–H groups in total. The second-order valence-electron chi connectivity index (χ2n) is 5.72. The SMILES string of the molecule is CC(C)Sc1nnc(CCc2ccccc2)n1-c1ccccc1. The minimum absolute atomic E-state index is 0.476. The van der Waals surface area contributed by atoms with E-state index in [-0.39, 0.29) is 0 Å². The lowest BCUT2D eigenvalue weighted by molar-refractivity contribution is 0.797. The number of rotatable bonds is 6. The van der Waals surface area contributed by atoms with Gasteiger partial charge in [0.25, 0.3) is 0 Å². The Labute approximate surface area is 141 Å². The zero-order valence-electron chi connectivity index (χ0n) is 13.5. The highest BCUT2D eigenvalue weighted by atomic mass is 32.2. The van der Waals surface area contributed by atoms with E-state index in [4.69, 9.17) is 0 Å². The minimum atomic E-state index is 0.476. The van der Waals surface area contributed by atoms with Gasteiger partial charge in [-0.25, -0.2) is 0 Å². The van der Waals surface area contributed by atoms with Crippen molar-refractivity contribution >= 4 is 11.8 Å². The number of thioether (sulfide) groups is 1. The van der Waals surface area contributed by atoms with Gasteiger partial charge in [0, 0.05) is 17.4 Å². The Bertz CT molecular complexity index is 736. The van der Waals surface area contributed by atoms with Crippen molar-refractivity contribution in [3.8, 4) is 5.69 Å². The van der Waals surface area contributed by atoms with Crippen LogP contribution in [0.25, 0.3) is 5.69 Å². The zero-order chi connectivity index (χ0) is 16.1. The quantitative estimate of drug-likeness (QED) is 0.623. The van der Waals surface area contributed by atoms with E-state index in [9.17, 15) is 0 Å². The zero-order valence-corrected chi connectivity index (χ0v) is 14.3. The molecule has 2 aromatic carbocycles. The molecule has 0 fully saturated rings. The molecule has 1 heterocycles. The number of aromatic nitrogens is 3. The molecule has 0 aliphatic rings. The number of nitrogens with zero attached hydrogens (tertiary/aromatic N) is 3. The Kier molecular flexibility index (Phi) is 5.13. The molecule has 23 heavy (non-hydrogen) atoms. The predicted octanol–water partition coefficient (Wildman–Crippen LogP) is 4.55. The number of benzene rings is 2. The largest absolute Gasteiger partial charge is 0.274 e. The summed E-state index contributed by atoms with van der Waals surface area (Å²) in [6, 6.07) is 20.9. The second-order valence-corrected chi connectivity index (χ2v) is 7.27. The van der Waals surface area contributed by atoms with Gasteiger partial charge in [-0.2, -0.15) is 0 Å². The topological polar surface area (TPSA) is 30.7 Å². The van der Waals surface area contributed by atoms with E-state index in [0.717, 1.165) is 29.5 Å². The molecule has 3 rings (SSSR count). The van der Waals surface area contributed by atoms with Crippen LogP contribution in [-0.2, 0) is 12.8 Å². The molecule has 0 bridgehead atoms. The minimum Gasteiger partial charge on any atom is -0.274 e. The first-order valence-corrected chi connectivity index (χ1v) is 8.82. The van der Waals surface area contributed by atoms with Crippen molar-refractivity contribution in [2.75, 3.05) is 0 Å². The van der Waals surface area contributed by atoms with Crippen molar-refractivity contribution in [3.63, 3.8) is 0 Å². The summed E-state index contributed by atoms with van der Waals surface area (Å²) in [6.07, 6.45) is 1.85. The lowest BCUT2D eigenvalue weighted by Crippen LogP contribution is -2.05. The summed E-state index contributed by atoms with van der Waals surface area (Å²) in [5.41, 5.74) is 2.46. The highest BCUT2D eigenvalue weighted by Gasteiger charge is 2.15. The van der Waals surface area contributed by atoms with E-state index in [2.05, 4.69) is 77.1 Å². The molecule has 0 radical (unpaired) electrons. The van der Waals surface area contributed by atoms with Gasteiger partial charge in [0.1, 0.15) is 5.82 Å². The van der Waals surface area contributed by atoms with E-state index >= 15 is 0 Å². The Hall–Kier alpha value is -2.07. The van der Waals surface area contributed by atoms with Crippen LogP contribution in [0, 0.1) is 0 Å². The number of hydrogen-bond donors (Lipinski definition) is 0.